The van der Waals surface area contributed by atoms with Gasteiger partial charge < -0.3 is 25.2 Å². The lowest BCUT2D eigenvalue weighted by Crippen LogP contribution is -2.28. The first-order valence-electron chi connectivity index (χ1n) is 8.50. The van der Waals surface area contributed by atoms with Gasteiger partial charge in [-0.2, -0.15) is 0 Å². The average Bonchev–Trinajstić information content (AvgIpc) is 3.03. The number of esters is 1. The molecule has 0 radical (unpaired) electrons. The Morgan fingerprint density at radius 3 is 2.59 bits per heavy atom. The number of carboxylic acids is 1. The van der Waals surface area contributed by atoms with E-state index < -0.39 is 23.9 Å². The Balaban J connectivity index is 2.85. The number of hydrogen-bond acceptors (Lipinski definition) is 5. The molecular formula is C19H24N2O6. The predicted molar refractivity (Wildman–Crippen MR) is 99.4 cm³/mol. The van der Waals surface area contributed by atoms with Crippen molar-refractivity contribution in [3.8, 4) is 5.75 Å². The maximum absolute atomic E-state index is 12.3. The summed E-state index contributed by atoms with van der Waals surface area (Å²) in [5.74, 6) is -2.37. The van der Waals surface area contributed by atoms with Crippen molar-refractivity contribution in [2.24, 2.45) is 0 Å². The summed E-state index contributed by atoms with van der Waals surface area (Å²) in [6, 6.07) is -0.573. The second-order valence-electron chi connectivity index (χ2n) is 6.31. The van der Waals surface area contributed by atoms with Gasteiger partial charge in [0.1, 0.15) is 12.4 Å². The van der Waals surface area contributed by atoms with E-state index >= 15 is 0 Å². The molecule has 0 fully saturated rings. The molecule has 0 bridgehead atoms. The molecule has 8 nitrogen and oxygen atoms in total. The third kappa shape index (κ3) is 3.74. The number of carbonyl (C=O) groups excluding carboxylic acids is 2. The Hall–Kier alpha value is -3.03. The van der Waals surface area contributed by atoms with Crippen molar-refractivity contribution < 1.29 is 29.0 Å². The van der Waals surface area contributed by atoms with Crippen LogP contribution in [-0.4, -0.2) is 37.2 Å². The summed E-state index contributed by atoms with van der Waals surface area (Å²) < 4.78 is 10.6. The molecule has 1 unspecified atom stereocenters. The van der Waals surface area contributed by atoms with Gasteiger partial charge in [-0.15, -0.1) is 0 Å². The molecule has 27 heavy (non-hydrogen) atoms. The summed E-state index contributed by atoms with van der Waals surface area (Å²) in [5, 5.41) is 14.9. The van der Waals surface area contributed by atoms with Gasteiger partial charge in [-0.25, -0.2) is 9.59 Å². The molecule has 1 aromatic rings. The molecule has 8 heteroatoms. The zero-order valence-electron chi connectivity index (χ0n) is 16.1. The summed E-state index contributed by atoms with van der Waals surface area (Å²) >= 11 is 0. The number of carbonyl (C=O) groups is 3. The van der Waals surface area contributed by atoms with Crippen molar-refractivity contribution in [1.29, 1.82) is 0 Å². The molecule has 1 aliphatic heterocycles. The van der Waals surface area contributed by atoms with Crippen molar-refractivity contribution in [1.82, 2.24) is 5.32 Å². The lowest BCUT2D eigenvalue weighted by molar-refractivity contribution is -0.138. The van der Waals surface area contributed by atoms with Gasteiger partial charge in [-0.3, -0.25) is 4.79 Å². The number of cyclic esters (lactones) is 1. The van der Waals surface area contributed by atoms with E-state index in [4.69, 9.17) is 9.47 Å². The second-order valence-corrected chi connectivity index (χ2v) is 6.31. The monoisotopic (exact) mass is 376 g/mol. The van der Waals surface area contributed by atoms with Crippen LogP contribution in [0.1, 0.15) is 53.2 Å². The molecule has 0 saturated heterocycles. The molecule has 1 aromatic carbocycles. The van der Waals surface area contributed by atoms with Gasteiger partial charge in [0.25, 0.3) is 0 Å². The largest absolute Gasteiger partial charge is 0.496 e. The van der Waals surface area contributed by atoms with Crippen LogP contribution >= 0.6 is 0 Å². The van der Waals surface area contributed by atoms with Gasteiger partial charge in [-0.05, 0) is 32.8 Å². The summed E-state index contributed by atoms with van der Waals surface area (Å²) in [6.07, 6.45) is 2.03. The van der Waals surface area contributed by atoms with Crippen LogP contribution in [0, 0.1) is 6.92 Å². The fraction of sp³-hybridized carbons (Fsp3) is 0.421. The predicted octanol–water partition coefficient (Wildman–Crippen LogP) is 2.95. The minimum atomic E-state index is -1.08. The third-order valence-corrected chi connectivity index (χ3v) is 4.75. The van der Waals surface area contributed by atoms with E-state index in [-0.39, 0.29) is 29.8 Å². The van der Waals surface area contributed by atoms with E-state index in [0.717, 1.165) is 5.57 Å². The highest BCUT2D eigenvalue weighted by Crippen LogP contribution is 2.45. The normalized spacial score (nSPS) is 14.3. The first kappa shape index (κ1) is 20.3. The number of urea groups is 1. The fourth-order valence-electron chi connectivity index (χ4n) is 3.20. The van der Waals surface area contributed by atoms with Crippen LogP contribution in [0.2, 0.25) is 0 Å². The summed E-state index contributed by atoms with van der Waals surface area (Å²) in [4.78, 5) is 36.5. The van der Waals surface area contributed by atoms with Crippen molar-refractivity contribution in [3.05, 3.63) is 33.9 Å². The molecule has 2 rings (SSSR count). The Kier molecular flexibility index (Phi) is 6.09. The van der Waals surface area contributed by atoms with E-state index in [0.29, 0.717) is 16.9 Å². The Morgan fingerprint density at radius 2 is 2.07 bits per heavy atom. The van der Waals surface area contributed by atoms with Crippen molar-refractivity contribution in [2.45, 2.75) is 39.7 Å². The number of anilines is 1. The Bertz CT molecular complexity index is 828. The van der Waals surface area contributed by atoms with Gasteiger partial charge in [0.05, 0.1) is 24.3 Å². The van der Waals surface area contributed by atoms with Crippen molar-refractivity contribution in [2.75, 3.05) is 19.5 Å². The number of allylic oxidation sites excluding steroid dienone is 2. The topological polar surface area (TPSA) is 114 Å². The molecule has 0 aromatic heterocycles. The van der Waals surface area contributed by atoms with Crippen LogP contribution in [0.25, 0.3) is 0 Å². The highest BCUT2D eigenvalue weighted by Gasteiger charge is 2.37. The first-order chi connectivity index (χ1) is 12.8. The highest BCUT2D eigenvalue weighted by atomic mass is 16.5. The summed E-state index contributed by atoms with van der Waals surface area (Å²) in [7, 11) is 2.86. The number of ether oxygens (including phenoxy) is 2. The molecule has 2 amide bonds. The number of benzene rings is 1. The number of hydrogen-bond donors (Lipinski definition) is 3. The van der Waals surface area contributed by atoms with Gasteiger partial charge in [0, 0.05) is 18.2 Å². The minimum Gasteiger partial charge on any atom is -0.496 e. The van der Waals surface area contributed by atoms with Crippen LogP contribution in [-0.2, 0) is 16.1 Å². The number of methoxy groups -OCH3 is 1. The number of nitrogens with one attached hydrogen (secondary N) is 2. The molecule has 146 valence electrons. The maximum Gasteiger partial charge on any atom is 0.341 e. The van der Waals surface area contributed by atoms with E-state index in [1.54, 1.807) is 6.92 Å². The summed E-state index contributed by atoms with van der Waals surface area (Å²) in [6.45, 7) is 5.43. The first-order valence-corrected chi connectivity index (χ1v) is 8.50. The standard InChI is InChI=1S/C19H24N2O6/c1-6-9(2)7-11(17(22)23)13-15(21-19(25)20-4)14-12(8-27-18(14)24)10(3)16(13)26-5/h6,11H,7-8H2,1-5H3,(H,22,23)(H2,20,21,25). The number of aliphatic carboxylic acids is 1. The smallest absolute Gasteiger partial charge is 0.341 e. The van der Waals surface area contributed by atoms with Crippen molar-refractivity contribution in [3.63, 3.8) is 0 Å². The van der Waals surface area contributed by atoms with E-state index in [1.165, 1.54) is 14.2 Å². The number of amides is 2. The second kappa shape index (κ2) is 8.11. The summed E-state index contributed by atoms with van der Waals surface area (Å²) in [5.41, 5.74) is 2.61. The third-order valence-electron chi connectivity index (χ3n) is 4.75. The molecule has 3 N–H and O–H groups in total. The number of fused-ring (bicyclic) bond motifs is 1. The van der Waals surface area contributed by atoms with Gasteiger partial charge in [0.2, 0.25) is 0 Å². The Labute approximate surface area is 157 Å². The Morgan fingerprint density at radius 1 is 1.41 bits per heavy atom. The molecule has 1 aliphatic rings. The molecule has 0 saturated carbocycles. The highest BCUT2D eigenvalue weighted by molar-refractivity contribution is 6.06. The molecular weight excluding hydrogens is 352 g/mol. The molecule has 1 atom stereocenters. The van der Waals surface area contributed by atoms with Crippen LogP contribution in [0.15, 0.2) is 11.6 Å². The van der Waals surface area contributed by atoms with E-state index in [9.17, 15) is 19.5 Å². The van der Waals surface area contributed by atoms with Gasteiger partial charge in [0.15, 0.2) is 0 Å². The van der Waals surface area contributed by atoms with Crippen LogP contribution in [0.3, 0.4) is 0 Å². The molecule has 1 heterocycles. The van der Waals surface area contributed by atoms with Gasteiger partial charge in [-0.1, -0.05) is 11.6 Å². The minimum absolute atomic E-state index is 0.0463. The van der Waals surface area contributed by atoms with Crippen LogP contribution in [0.4, 0.5) is 10.5 Å². The molecule has 0 spiro atoms. The quantitative estimate of drug-likeness (QED) is 0.519. The van der Waals surface area contributed by atoms with Crippen LogP contribution < -0.4 is 15.4 Å². The zero-order chi connectivity index (χ0) is 20.3. The van der Waals surface area contributed by atoms with Crippen molar-refractivity contribution >= 4 is 23.7 Å². The maximum atomic E-state index is 12.3. The number of rotatable bonds is 6. The average molecular weight is 376 g/mol. The fourth-order valence-corrected chi connectivity index (χ4v) is 3.20. The zero-order valence-corrected chi connectivity index (χ0v) is 16.1. The van der Waals surface area contributed by atoms with Crippen LogP contribution in [0.5, 0.6) is 5.75 Å². The van der Waals surface area contributed by atoms with E-state index in [1.807, 2.05) is 19.9 Å². The number of carboxylic acid groups (broad SMARTS) is 1. The molecule has 0 aliphatic carbocycles. The lowest BCUT2D eigenvalue weighted by atomic mass is 9.85. The van der Waals surface area contributed by atoms with Gasteiger partial charge >= 0.3 is 18.0 Å². The SMILES string of the molecule is CC=C(C)CC(C(=O)O)c1c(NC(=O)NC)c2c(c(C)c1OC)COC2=O. The lowest BCUT2D eigenvalue weighted by Gasteiger charge is -2.24. The van der Waals surface area contributed by atoms with E-state index in [2.05, 4.69) is 10.6 Å².